The Morgan fingerprint density at radius 1 is 1.35 bits per heavy atom. The maximum Gasteiger partial charge on any atom is 0.193 e. The summed E-state index contributed by atoms with van der Waals surface area (Å²) in [6, 6.07) is 6.90. The highest BCUT2D eigenvalue weighted by molar-refractivity contribution is 5.79. The number of aliphatic imine (C=N–C) groups is 1. The van der Waals surface area contributed by atoms with Crippen molar-refractivity contribution in [2.24, 2.45) is 4.99 Å². The van der Waals surface area contributed by atoms with Gasteiger partial charge in [-0.25, -0.2) is 4.39 Å². The molecule has 1 saturated heterocycles. The zero-order valence-corrected chi connectivity index (χ0v) is 16.4. The van der Waals surface area contributed by atoms with Crippen LogP contribution in [0, 0.1) is 5.82 Å². The van der Waals surface area contributed by atoms with Gasteiger partial charge in [0.2, 0.25) is 0 Å². The molecule has 0 saturated carbocycles. The highest BCUT2D eigenvalue weighted by Crippen LogP contribution is 2.15. The Bertz CT molecular complexity index is 583. The Kier molecular flexibility index (Phi) is 8.12. The maximum absolute atomic E-state index is 13.6. The molecule has 0 aromatic heterocycles. The summed E-state index contributed by atoms with van der Waals surface area (Å²) >= 11 is 0. The van der Waals surface area contributed by atoms with Crippen LogP contribution in [0.5, 0.6) is 5.75 Å². The van der Waals surface area contributed by atoms with Crippen molar-refractivity contribution >= 4 is 5.96 Å². The van der Waals surface area contributed by atoms with Crippen LogP contribution in [0.15, 0.2) is 29.3 Å². The monoisotopic (exact) mass is 365 g/mol. The zero-order chi connectivity index (χ0) is 18.9. The van der Waals surface area contributed by atoms with Crippen molar-refractivity contribution in [2.45, 2.75) is 13.0 Å². The van der Waals surface area contributed by atoms with Crippen LogP contribution in [-0.2, 0) is 0 Å². The number of para-hydroxylation sites is 1. The molecule has 1 unspecified atom stereocenters. The highest BCUT2D eigenvalue weighted by atomic mass is 19.1. The van der Waals surface area contributed by atoms with Gasteiger partial charge >= 0.3 is 0 Å². The number of ether oxygens (including phenoxy) is 1. The van der Waals surface area contributed by atoms with Gasteiger partial charge < -0.3 is 19.9 Å². The van der Waals surface area contributed by atoms with Crippen LogP contribution >= 0.6 is 0 Å². The molecule has 1 aromatic rings. The number of benzene rings is 1. The molecule has 146 valence electrons. The Morgan fingerprint density at radius 3 is 2.85 bits per heavy atom. The van der Waals surface area contributed by atoms with Gasteiger partial charge in [-0.2, -0.15) is 0 Å². The van der Waals surface area contributed by atoms with Gasteiger partial charge in [-0.05, 0) is 33.2 Å². The van der Waals surface area contributed by atoms with E-state index in [-0.39, 0.29) is 11.6 Å². The molecule has 26 heavy (non-hydrogen) atoms. The lowest BCUT2D eigenvalue weighted by molar-refractivity contribution is 0.119. The quantitative estimate of drug-likeness (QED) is 0.584. The first-order valence-electron chi connectivity index (χ1n) is 9.26. The number of nitrogens with one attached hydrogen (secondary N) is 1. The molecule has 0 amide bonds. The largest absolute Gasteiger partial charge is 0.489 e. The third-order valence-electron chi connectivity index (χ3n) is 4.65. The van der Waals surface area contributed by atoms with Crippen molar-refractivity contribution in [1.82, 2.24) is 20.0 Å². The first-order chi connectivity index (χ1) is 12.5. The average molecular weight is 365 g/mol. The van der Waals surface area contributed by atoms with Gasteiger partial charge in [0.25, 0.3) is 0 Å². The van der Waals surface area contributed by atoms with Crippen molar-refractivity contribution in [1.29, 1.82) is 0 Å². The average Bonchev–Trinajstić information content (AvgIpc) is 2.62. The second-order valence-electron chi connectivity index (χ2n) is 6.79. The standard InChI is InChI=1S/C19H32FN5O/c1-5-21-19(22-14-16-15-23(2)10-11-24(16)3)25(4)12-13-26-18-9-7-6-8-17(18)20/h6-9,16H,5,10-15H2,1-4H3,(H,21,22). The number of nitrogens with zero attached hydrogens (tertiary/aromatic N) is 4. The van der Waals surface area contributed by atoms with Crippen molar-refractivity contribution in [2.75, 3.05) is 67.0 Å². The van der Waals surface area contributed by atoms with E-state index >= 15 is 0 Å². The van der Waals surface area contributed by atoms with E-state index in [9.17, 15) is 4.39 Å². The SMILES string of the molecule is CCNC(=NCC1CN(C)CCN1C)N(C)CCOc1ccccc1F. The molecule has 1 atom stereocenters. The number of guanidine groups is 1. The summed E-state index contributed by atoms with van der Waals surface area (Å²) in [6.07, 6.45) is 0. The smallest absolute Gasteiger partial charge is 0.193 e. The van der Waals surface area contributed by atoms with Crippen LogP contribution in [0.3, 0.4) is 0 Å². The fraction of sp³-hybridized carbons (Fsp3) is 0.632. The van der Waals surface area contributed by atoms with E-state index in [0.29, 0.717) is 19.2 Å². The van der Waals surface area contributed by atoms with Crippen LogP contribution in [-0.4, -0.2) is 93.7 Å². The molecular formula is C19H32FN5O. The first kappa shape index (κ1) is 20.5. The number of likely N-dealkylation sites (N-methyl/N-ethyl adjacent to an activating group) is 3. The molecule has 6 nitrogen and oxygen atoms in total. The number of piperazine rings is 1. The predicted molar refractivity (Wildman–Crippen MR) is 104 cm³/mol. The third kappa shape index (κ3) is 6.14. The lowest BCUT2D eigenvalue weighted by atomic mass is 10.2. The summed E-state index contributed by atoms with van der Waals surface area (Å²) in [5, 5.41) is 3.32. The van der Waals surface area contributed by atoms with Crippen LogP contribution in [0.4, 0.5) is 4.39 Å². The number of hydrogen-bond donors (Lipinski definition) is 1. The minimum atomic E-state index is -0.333. The van der Waals surface area contributed by atoms with Gasteiger partial charge in [-0.3, -0.25) is 9.89 Å². The third-order valence-corrected chi connectivity index (χ3v) is 4.65. The predicted octanol–water partition coefficient (Wildman–Crippen LogP) is 1.35. The topological polar surface area (TPSA) is 43.3 Å². The zero-order valence-electron chi connectivity index (χ0n) is 16.4. The summed E-state index contributed by atoms with van der Waals surface area (Å²) in [5.41, 5.74) is 0. The molecule has 1 fully saturated rings. The van der Waals surface area contributed by atoms with E-state index in [4.69, 9.17) is 9.73 Å². The fourth-order valence-corrected chi connectivity index (χ4v) is 2.92. The molecule has 1 heterocycles. The molecule has 1 N–H and O–H groups in total. The molecule has 1 aliphatic rings. The molecule has 1 aromatic carbocycles. The summed E-state index contributed by atoms with van der Waals surface area (Å²) in [6.45, 7) is 7.83. The number of halogens is 1. The van der Waals surface area contributed by atoms with Crippen molar-refractivity contribution in [3.63, 3.8) is 0 Å². The second kappa shape index (κ2) is 10.3. The van der Waals surface area contributed by atoms with Crippen molar-refractivity contribution < 1.29 is 9.13 Å². The van der Waals surface area contributed by atoms with E-state index in [0.717, 1.165) is 38.7 Å². The normalized spacial score (nSPS) is 19.4. The second-order valence-corrected chi connectivity index (χ2v) is 6.79. The van der Waals surface area contributed by atoms with Gasteiger partial charge in [0.1, 0.15) is 6.61 Å². The summed E-state index contributed by atoms with van der Waals surface area (Å²) in [7, 11) is 6.29. The maximum atomic E-state index is 13.6. The molecular weight excluding hydrogens is 333 g/mol. The van der Waals surface area contributed by atoms with Gasteiger partial charge in [0, 0.05) is 39.3 Å². The minimum absolute atomic E-state index is 0.287. The van der Waals surface area contributed by atoms with Crippen LogP contribution < -0.4 is 10.1 Å². The Labute approximate surface area is 156 Å². The fourth-order valence-electron chi connectivity index (χ4n) is 2.92. The van der Waals surface area contributed by atoms with E-state index in [1.165, 1.54) is 6.07 Å². The van der Waals surface area contributed by atoms with E-state index in [1.807, 2.05) is 11.9 Å². The lowest BCUT2D eigenvalue weighted by Crippen LogP contribution is -2.51. The van der Waals surface area contributed by atoms with Gasteiger partial charge in [0.05, 0.1) is 13.1 Å². The Balaban J connectivity index is 1.87. The van der Waals surface area contributed by atoms with Gasteiger partial charge in [-0.1, -0.05) is 12.1 Å². The van der Waals surface area contributed by atoms with E-state index < -0.39 is 0 Å². The van der Waals surface area contributed by atoms with Crippen LogP contribution in [0.25, 0.3) is 0 Å². The van der Waals surface area contributed by atoms with Gasteiger partial charge in [0.15, 0.2) is 17.5 Å². The van der Waals surface area contributed by atoms with Gasteiger partial charge in [-0.15, -0.1) is 0 Å². The molecule has 0 bridgehead atoms. The van der Waals surface area contributed by atoms with Crippen molar-refractivity contribution in [3.8, 4) is 5.75 Å². The lowest BCUT2D eigenvalue weighted by Gasteiger charge is -2.37. The molecule has 0 spiro atoms. The Hall–Kier alpha value is -1.86. The molecule has 0 radical (unpaired) electrons. The molecule has 0 aliphatic carbocycles. The highest BCUT2D eigenvalue weighted by Gasteiger charge is 2.22. The summed E-state index contributed by atoms with van der Waals surface area (Å²) < 4.78 is 19.2. The molecule has 7 heteroatoms. The summed E-state index contributed by atoms with van der Waals surface area (Å²) in [4.78, 5) is 11.5. The van der Waals surface area contributed by atoms with Crippen LogP contribution in [0.1, 0.15) is 6.92 Å². The summed E-state index contributed by atoms with van der Waals surface area (Å²) in [5.74, 6) is 0.807. The molecule has 1 aliphatic heterocycles. The van der Waals surface area contributed by atoms with E-state index in [2.05, 4.69) is 36.1 Å². The van der Waals surface area contributed by atoms with E-state index in [1.54, 1.807) is 18.2 Å². The van der Waals surface area contributed by atoms with Crippen LogP contribution in [0.2, 0.25) is 0 Å². The number of hydrogen-bond acceptors (Lipinski definition) is 4. The minimum Gasteiger partial charge on any atom is -0.489 e. The number of rotatable bonds is 7. The molecule has 2 rings (SSSR count). The first-order valence-corrected chi connectivity index (χ1v) is 9.26. The van der Waals surface area contributed by atoms with Crippen molar-refractivity contribution in [3.05, 3.63) is 30.1 Å². The Morgan fingerprint density at radius 2 is 2.12 bits per heavy atom.